The number of hydrogen-bond donors (Lipinski definition) is 2. The van der Waals surface area contributed by atoms with Gasteiger partial charge in [0.25, 0.3) is 0 Å². The molecule has 0 saturated carbocycles. The summed E-state index contributed by atoms with van der Waals surface area (Å²) in [5, 5.41) is 8.97. The largest absolute Gasteiger partial charge is 0.478 e. The number of halogens is 2. The molecule has 0 aromatic heterocycles. The molecule has 0 radical (unpaired) electrons. The fourth-order valence-corrected chi connectivity index (χ4v) is 1.87. The molecule has 0 spiro atoms. The Labute approximate surface area is 144 Å². The number of aromatic carboxylic acids is 1. The summed E-state index contributed by atoms with van der Waals surface area (Å²) in [6, 6.07) is 6.14. The van der Waals surface area contributed by atoms with Crippen molar-refractivity contribution in [1.82, 2.24) is 5.48 Å². The van der Waals surface area contributed by atoms with Crippen LogP contribution in [0.25, 0.3) is 0 Å². The Morgan fingerprint density at radius 1 is 1.56 bits per heavy atom. The van der Waals surface area contributed by atoms with Crippen molar-refractivity contribution in [2.45, 2.75) is 20.1 Å². The van der Waals surface area contributed by atoms with Crippen molar-refractivity contribution in [2.24, 2.45) is 4.99 Å². The summed E-state index contributed by atoms with van der Waals surface area (Å²) in [5.74, 6) is 0.592. The van der Waals surface area contributed by atoms with E-state index in [4.69, 9.17) is 9.94 Å². The highest BCUT2D eigenvalue weighted by atomic mass is 19.2. The topological polar surface area (TPSA) is 70.9 Å². The van der Waals surface area contributed by atoms with Crippen LogP contribution in [0.4, 0.5) is 8.78 Å². The molecule has 1 unspecified atom stereocenters. The average Bonchev–Trinajstić information content (AvgIpc) is 3.10. The lowest BCUT2D eigenvalue weighted by Crippen LogP contribution is -2.20. The first-order valence-electron chi connectivity index (χ1n) is 7.25. The van der Waals surface area contributed by atoms with Crippen LogP contribution in [0.15, 0.2) is 52.8 Å². The van der Waals surface area contributed by atoms with E-state index in [2.05, 4.69) is 22.8 Å². The molecule has 1 aliphatic rings. The Morgan fingerprint density at radius 2 is 2.24 bits per heavy atom. The van der Waals surface area contributed by atoms with Crippen molar-refractivity contribution < 1.29 is 23.5 Å². The van der Waals surface area contributed by atoms with Gasteiger partial charge in [-0.1, -0.05) is 18.2 Å². The van der Waals surface area contributed by atoms with Gasteiger partial charge < -0.3 is 5.11 Å². The number of terminal acetylenes is 1. The molecule has 25 heavy (non-hydrogen) atoms. The van der Waals surface area contributed by atoms with Crippen molar-refractivity contribution in [1.29, 1.82) is 0 Å². The van der Waals surface area contributed by atoms with Crippen LogP contribution in [0.1, 0.15) is 29.8 Å². The summed E-state index contributed by atoms with van der Waals surface area (Å²) >= 11 is 0. The van der Waals surface area contributed by atoms with E-state index >= 15 is 0 Å². The number of rotatable bonds is 5. The second-order valence-electron chi connectivity index (χ2n) is 4.74. The molecule has 0 amide bonds. The minimum atomic E-state index is -1.20. The number of carboxylic acid groups (broad SMARTS) is 1. The predicted molar refractivity (Wildman–Crippen MR) is 91.4 cm³/mol. The molecule has 132 valence electrons. The number of hydroxylamine groups is 1. The molecule has 7 heteroatoms. The predicted octanol–water partition coefficient (Wildman–Crippen LogP) is 3.40. The van der Waals surface area contributed by atoms with Gasteiger partial charge in [0.15, 0.2) is 5.84 Å². The van der Waals surface area contributed by atoms with Gasteiger partial charge in [0.05, 0.1) is 5.56 Å². The van der Waals surface area contributed by atoms with E-state index in [0.29, 0.717) is 17.0 Å². The summed E-state index contributed by atoms with van der Waals surface area (Å²) in [5.41, 5.74) is 3.55. The first kappa shape index (κ1) is 20.1. The highest BCUT2D eigenvalue weighted by Crippen LogP contribution is 2.18. The quantitative estimate of drug-likeness (QED) is 0.632. The summed E-state index contributed by atoms with van der Waals surface area (Å²) in [7, 11) is 0. The minimum Gasteiger partial charge on any atom is -0.478 e. The van der Waals surface area contributed by atoms with Gasteiger partial charge in [-0.15, -0.1) is 12.3 Å². The summed E-state index contributed by atoms with van der Waals surface area (Å²) in [4.78, 5) is 20.4. The van der Waals surface area contributed by atoms with Gasteiger partial charge in [-0.3, -0.25) is 0 Å². The summed E-state index contributed by atoms with van der Waals surface area (Å²) in [6.45, 7) is 2.11. The van der Waals surface area contributed by atoms with Gasteiger partial charge in [0.1, 0.15) is 12.5 Å². The maximum atomic E-state index is 13.0. The van der Waals surface area contributed by atoms with E-state index in [1.54, 1.807) is 32.1 Å². The maximum absolute atomic E-state index is 13.0. The lowest BCUT2D eigenvalue weighted by Gasteiger charge is -2.06. The van der Waals surface area contributed by atoms with Crippen LogP contribution in [-0.4, -0.2) is 29.8 Å². The molecule has 2 rings (SSSR count). The molecule has 0 aliphatic carbocycles. The number of hydrogen-bond acceptors (Lipinski definition) is 4. The monoisotopic (exact) mass is 348 g/mol. The summed E-state index contributed by atoms with van der Waals surface area (Å²) < 4.78 is 25.3. The van der Waals surface area contributed by atoms with Gasteiger partial charge in [-0.05, 0) is 32.1 Å². The number of nitrogens with zero attached hydrogens (tertiary/aromatic N) is 1. The fourth-order valence-electron chi connectivity index (χ4n) is 1.87. The number of allylic oxidation sites excluding steroid dienone is 2. The van der Waals surface area contributed by atoms with Crippen LogP contribution in [0, 0.1) is 12.3 Å². The zero-order chi connectivity index (χ0) is 18.8. The standard InChI is InChI=1S/C15H14F2N2O3.C3H4/c1-2-9(7-12(17)8-16)14-18-13(19-22-14)10-4-3-5-11(6-10)15(20)21;1-3-2/h2-7,14H,8H2,1H3,(H,18,19)(H,20,21);1H,2H3/b9-2+,12-7+;. The van der Waals surface area contributed by atoms with Crippen LogP contribution in [0.5, 0.6) is 0 Å². The molecule has 0 bridgehead atoms. The lowest BCUT2D eigenvalue weighted by atomic mass is 10.1. The zero-order valence-corrected chi connectivity index (χ0v) is 13.8. The molecular formula is C18H18F2N2O3. The Bertz CT molecular complexity index is 749. The van der Waals surface area contributed by atoms with Gasteiger partial charge in [-0.2, -0.15) is 0 Å². The first-order chi connectivity index (χ1) is 12.0. The van der Waals surface area contributed by atoms with E-state index in [9.17, 15) is 13.6 Å². The number of amidine groups is 1. The van der Waals surface area contributed by atoms with E-state index in [-0.39, 0.29) is 5.56 Å². The minimum absolute atomic E-state index is 0.111. The van der Waals surface area contributed by atoms with Crippen molar-refractivity contribution in [2.75, 3.05) is 6.67 Å². The number of nitrogens with one attached hydrogen (secondary N) is 1. The molecule has 0 fully saturated rings. The third-order valence-electron chi connectivity index (χ3n) is 2.97. The fraction of sp³-hybridized carbons (Fsp3) is 0.222. The van der Waals surface area contributed by atoms with Gasteiger partial charge in [0.2, 0.25) is 6.23 Å². The molecule has 0 saturated heterocycles. The molecule has 1 atom stereocenters. The molecular weight excluding hydrogens is 330 g/mol. The highest BCUT2D eigenvalue weighted by Gasteiger charge is 2.22. The van der Waals surface area contributed by atoms with Crippen LogP contribution in [0.2, 0.25) is 0 Å². The lowest BCUT2D eigenvalue weighted by molar-refractivity contribution is 0.0625. The third kappa shape index (κ3) is 5.86. The molecule has 5 nitrogen and oxygen atoms in total. The van der Waals surface area contributed by atoms with Crippen molar-refractivity contribution in [3.05, 3.63) is 58.9 Å². The van der Waals surface area contributed by atoms with Crippen molar-refractivity contribution in [3.8, 4) is 12.3 Å². The van der Waals surface area contributed by atoms with Crippen molar-refractivity contribution in [3.63, 3.8) is 0 Å². The molecule has 2 N–H and O–H groups in total. The van der Waals surface area contributed by atoms with Crippen LogP contribution >= 0.6 is 0 Å². The highest BCUT2D eigenvalue weighted by molar-refractivity contribution is 6.01. The normalized spacial score (nSPS) is 16.9. The molecule has 1 aromatic rings. The second-order valence-corrected chi connectivity index (χ2v) is 4.74. The van der Waals surface area contributed by atoms with Crippen LogP contribution in [-0.2, 0) is 4.84 Å². The van der Waals surface area contributed by atoms with Crippen LogP contribution in [0.3, 0.4) is 0 Å². The van der Waals surface area contributed by atoms with E-state index in [1.165, 1.54) is 12.1 Å². The number of benzene rings is 1. The van der Waals surface area contributed by atoms with E-state index in [0.717, 1.165) is 6.08 Å². The zero-order valence-electron chi connectivity index (χ0n) is 13.8. The SMILES string of the molecule is C#CC.C/C=C(\C=C(\F)CF)C1N=C(c2cccc(C(=O)O)c2)NO1. The molecule has 1 aliphatic heterocycles. The smallest absolute Gasteiger partial charge is 0.335 e. The second kappa shape index (κ2) is 10.0. The van der Waals surface area contributed by atoms with E-state index < -0.39 is 24.7 Å². The van der Waals surface area contributed by atoms with Crippen molar-refractivity contribution >= 4 is 11.8 Å². The van der Waals surface area contributed by atoms with Gasteiger partial charge in [-0.25, -0.2) is 28.9 Å². The molecule has 1 aromatic carbocycles. The van der Waals surface area contributed by atoms with E-state index in [1.807, 2.05) is 0 Å². The number of carboxylic acids is 1. The Hall–Kier alpha value is -2.98. The van der Waals surface area contributed by atoms with Gasteiger partial charge in [0, 0.05) is 11.1 Å². The number of alkyl halides is 1. The maximum Gasteiger partial charge on any atom is 0.335 e. The first-order valence-corrected chi connectivity index (χ1v) is 7.25. The Morgan fingerprint density at radius 3 is 2.80 bits per heavy atom. The van der Waals surface area contributed by atoms with Crippen LogP contribution < -0.4 is 5.48 Å². The van der Waals surface area contributed by atoms with Gasteiger partial charge >= 0.3 is 5.97 Å². The Kier molecular flexibility index (Phi) is 8.03. The Balaban J connectivity index is 0.000000970. The summed E-state index contributed by atoms with van der Waals surface area (Å²) in [6.07, 6.45) is 6.35. The average molecular weight is 348 g/mol. The molecule has 1 heterocycles. The number of carbonyl (C=O) groups is 1. The number of aliphatic imine (C=N–C) groups is 1. The third-order valence-corrected chi connectivity index (χ3v) is 2.97.